The summed E-state index contributed by atoms with van der Waals surface area (Å²) in [6, 6.07) is 2.30. The van der Waals surface area contributed by atoms with Crippen molar-refractivity contribution in [3.05, 3.63) is 53.4 Å². The first-order valence-corrected chi connectivity index (χ1v) is 20.6. The first kappa shape index (κ1) is 44.8. The van der Waals surface area contributed by atoms with E-state index in [1.165, 1.54) is 0 Å². The van der Waals surface area contributed by atoms with Crippen LogP contribution in [0.3, 0.4) is 0 Å². The van der Waals surface area contributed by atoms with Crippen molar-refractivity contribution in [1.29, 1.82) is 0 Å². The Bertz CT molecular complexity index is 1580. The number of rotatable bonds is 16. The van der Waals surface area contributed by atoms with Crippen LogP contribution in [0.25, 0.3) is 0 Å². The van der Waals surface area contributed by atoms with E-state index in [0.29, 0.717) is 47.3 Å². The predicted octanol–water partition coefficient (Wildman–Crippen LogP) is 12.3. The Morgan fingerprint density at radius 3 is 1.02 bits per heavy atom. The Morgan fingerprint density at radius 2 is 0.759 bits per heavy atom. The summed E-state index contributed by atoms with van der Waals surface area (Å²) in [5, 5.41) is -1.42. The topological polar surface area (TPSA) is 105 Å². The molecular formula is C40H48Cl6O8. The molecule has 0 radical (unpaired) electrons. The molecular weight excluding hydrogens is 821 g/mol. The molecule has 0 saturated heterocycles. The Kier molecular flexibility index (Phi) is 15.8. The van der Waals surface area contributed by atoms with Crippen LogP contribution in [0, 0.1) is 59.2 Å². The summed E-state index contributed by atoms with van der Waals surface area (Å²) in [4.78, 5) is 53.4. The van der Waals surface area contributed by atoms with Gasteiger partial charge < -0.3 is 18.9 Å². The van der Waals surface area contributed by atoms with Gasteiger partial charge in [0.05, 0.1) is 43.3 Å². The first-order chi connectivity index (χ1) is 25.2. The van der Waals surface area contributed by atoms with Gasteiger partial charge in [-0.05, 0) is 97.0 Å². The van der Waals surface area contributed by atoms with E-state index in [1.807, 2.05) is 0 Å². The van der Waals surface area contributed by atoms with Gasteiger partial charge in [-0.2, -0.15) is 0 Å². The van der Waals surface area contributed by atoms with Gasteiger partial charge in [-0.1, -0.05) is 125 Å². The Hall–Kier alpha value is -1.94. The average Bonchev–Trinajstić information content (AvgIpc) is 3.91. The fourth-order valence-electron chi connectivity index (χ4n) is 7.60. The molecule has 2 aromatic carbocycles. The van der Waals surface area contributed by atoms with Crippen molar-refractivity contribution < 1.29 is 38.1 Å². The second kappa shape index (κ2) is 19.0. The fraction of sp³-hybridized carbons (Fsp3) is 0.600. The summed E-state index contributed by atoms with van der Waals surface area (Å²) in [6.45, 7) is 17.4. The van der Waals surface area contributed by atoms with Gasteiger partial charge in [0.15, 0.2) is 11.5 Å². The van der Waals surface area contributed by atoms with Gasteiger partial charge in [-0.25, -0.2) is 19.2 Å². The third-order valence-corrected chi connectivity index (χ3v) is 12.2. The van der Waals surface area contributed by atoms with Gasteiger partial charge in [0, 0.05) is 0 Å². The summed E-state index contributed by atoms with van der Waals surface area (Å²) in [6.07, 6.45) is 3.98. The van der Waals surface area contributed by atoms with Crippen molar-refractivity contribution in [1.82, 2.24) is 0 Å². The van der Waals surface area contributed by atoms with E-state index in [-0.39, 0.29) is 55.2 Å². The minimum absolute atomic E-state index is 0.107. The lowest BCUT2D eigenvalue weighted by Gasteiger charge is -2.16. The van der Waals surface area contributed by atoms with Crippen molar-refractivity contribution in [2.24, 2.45) is 59.2 Å². The molecule has 2 aromatic rings. The van der Waals surface area contributed by atoms with Crippen LogP contribution in [0.2, 0.25) is 30.1 Å². The number of carbonyl (C=O) groups excluding carboxylic acids is 4. The summed E-state index contributed by atoms with van der Waals surface area (Å²) in [7, 11) is 0. The number of ether oxygens (including phenoxy) is 4. The molecule has 14 heteroatoms. The van der Waals surface area contributed by atoms with E-state index in [0.717, 1.165) is 37.8 Å². The van der Waals surface area contributed by atoms with Gasteiger partial charge in [0.2, 0.25) is 0 Å². The van der Waals surface area contributed by atoms with Crippen LogP contribution in [0.5, 0.6) is 11.5 Å². The molecule has 4 unspecified atom stereocenters. The van der Waals surface area contributed by atoms with E-state index in [4.69, 9.17) is 88.6 Å². The third-order valence-electron chi connectivity index (χ3n) is 10.0. The molecule has 0 N–H and O–H groups in total. The van der Waals surface area contributed by atoms with Crippen molar-refractivity contribution in [3.8, 4) is 11.5 Å². The van der Waals surface area contributed by atoms with Crippen molar-refractivity contribution >= 4 is 93.5 Å². The molecule has 0 heterocycles. The van der Waals surface area contributed by atoms with Gasteiger partial charge >= 0.3 is 23.9 Å². The molecule has 2 saturated carbocycles. The lowest BCUT2D eigenvalue weighted by atomic mass is 10.0. The second-order valence-electron chi connectivity index (χ2n) is 16.2. The molecule has 2 aliphatic carbocycles. The second-order valence-corrected chi connectivity index (χ2v) is 18.6. The smallest absolute Gasteiger partial charge is 0.423 e. The highest BCUT2D eigenvalue weighted by molar-refractivity contribution is 6.47. The molecule has 298 valence electrons. The number of hydrogen-bond acceptors (Lipinski definition) is 8. The van der Waals surface area contributed by atoms with Crippen molar-refractivity contribution in [3.63, 3.8) is 0 Å². The number of carbonyl (C=O) groups is 4. The summed E-state index contributed by atoms with van der Waals surface area (Å²) < 4.78 is 22.0. The Balaban J connectivity index is 1.51. The molecule has 8 nitrogen and oxygen atoms in total. The molecule has 0 aromatic heterocycles. The Labute approximate surface area is 348 Å². The van der Waals surface area contributed by atoms with Crippen LogP contribution < -0.4 is 9.47 Å². The quantitative estimate of drug-likeness (QED) is 0.0711. The van der Waals surface area contributed by atoms with Gasteiger partial charge in [-0.15, -0.1) is 0 Å². The Morgan fingerprint density at radius 1 is 0.481 bits per heavy atom. The highest BCUT2D eigenvalue weighted by Gasteiger charge is 2.51. The van der Waals surface area contributed by atoms with Crippen LogP contribution in [-0.4, -0.2) is 37.1 Å². The highest BCUT2D eigenvalue weighted by Crippen LogP contribution is 2.55. The minimum Gasteiger partial charge on any atom is -0.462 e. The average molecular weight is 870 g/mol. The molecule has 54 heavy (non-hydrogen) atoms. The van der Waals surface area contributed by atoms with Crippen molar-refractivity contribution in [2.45, 2.75) is 81.1 Å². The van der Waals surface area contributed by atoms with Gasteiger partial charge in [0.25, 0.3) is 0 Å². The van der Waals surface area contributed by atoms with Crippen LogP contribution in [0.1, 0.15) is 102 Å². The van der Waals surface area contributed by atoms with Gasteiger partial charge in [-0.3, -0.25) is 0 Å². The third kappa shape index (κ3) is 11.1. The number of esters is 4. The lowest BCUT2D eigenvalue weighted by Crippen LogP contribution is -2.27. The highest BCUT2D eigenvalue weighted by atomic mass is 35.5. The SMILES string of the molecule is CC(C)CC1C(COC(=O)c2c(Cl)c(Cl)cc(Cl)c2OC(=O)C(=O)Oc2c(Cl)cc(Cl)c(Cl)c2C(=O)OCC2C(CC(C)C)C2CC(C)C)C1CC(C)C. The van der Waals surface area contributed by atoms with E-state index in [9.17, 15) is 19.2 Å². The van der Waals surface area contributed by atoms with Crippen LogP contribution >= 0.6 is 69.6 Å². The fourth-order valence-corrected chi connectivity index (χ4v) is 9.04. The van der Waals surface area contributed by atoms with Crippen LogP contribution in [0.4, 0.5) is 0 Å². The van der Waals surface area contributed by atoms with Crippen molar-refractivity contribution in [2.75, 3.05) is 13.2 Å². The first-order valence-electron chi connectivity index (χ1n) is 18.4. The molecule has 0 aliphatic heterocycles. The molecule has 4 atom stereocenters. The molecule has 2 aliphatic rings. The largest absolute Gasteiger partial charge is 0.462 e. The number of hydrogen-bond donors (Lipinski definition) is 0. The maximum Gasteiger partial charge on any atom is 0.423 e. The minimum atomic E-state index is -1.63. The van der Waals surface area contributed by atoms with E-state index < -0.39 is 46.5 Å². The zero-order valence-corrected chi connectivity index (χ0v) is 36.2. The zero-order valence-electron chi connectivity index (χ0n) is 31.7. The summed E-state index contributed by atoms with van der Waals surface area (Å²) in [5.74, 6) is -2.48. The molecule has 0 spiro atoms. The maximum absolute atomic E-state index is 13.5. The number of halogens is 6. The lowest BCUT2D eigenvalue weighted by molar-refractivity contribution is -0.156. The van der Waals surface area contributed by atoms with Gasteiger partial charge in [0.1, 0.15) is 11.1 Å². The van der Waals surface area contributed by atoms with Crippen LogP contribution in [0.15, 0.2) is 12.1 Å². The molecule has 4 rings (SSSR count). The number of benzene rings is 2. The molecule has 2 fully saturated rings. The zero-order chi connectivity index (χ0) is 40.3. The predicted molar refractivity (Wildman–Crippen MR) is 214 cm³/mol. The monoisotopic (exact) mass is 866 g/mol. The standard InChI is InChI=1S/C40H48Cl6O8/c1-17(2)9-21-22(10-18(3)4)25(21)15-51-37(47)31-33(45)27(41)13-29(43)35(31)53-39(49)40(50)54-36-30(44)14-28(42)34(46)32(36)38(48)52-16-26-23(11-19(5)6)24(26)12-20(7)8/h13-14,17-26H,9-12,15-16H2,1-8H3. The normalized spacial score (nSPS) is 21.8. The van der Waals surface area contributed by atoms with E-state index in [2.05, 4.69) is 55.4 Å². The van der Waals surface area contributed by atoms with Crippen LogP contribution in [-0.2, 0) is 19.1 Å². The molecule has 0 bridgehead atoms. The summed E-state index contributed by atoms with van der Waals surface area (Å²) in [5.41, 5.74) is -0.888. The molecule has 0 amide bonds. The maximum atomic E-state index is 13.5. The van der Waals surface area contributed by atoms with E-state index >= 15 is 0 Å². The van der Waals surface area contributed by atoms with E-state index in [1.54, 1.807) is 0 Å². The summed E-state index contributed by atoms with van der Waals surface area (Å²) >= 11 is 38.1.